The molecule has 0 radical (unpaired) electrons. The Morgan fingerprint density at radius 3 is 1.87 bits per heavy atom. The highest BCUT2D eigenvalue weighted by molar-refractivity contribution is 6.08. The maximum Gasteiger partial charge on any atom is 0.329 e. The number of carbonyl (C=O) groups excluding carboxylic acids is 2. The average molecular weight is 409 g/mol. The third kappa shape index (κ3) is 4.33. The summed E-state index contributed by atoms with van der Waals surface area (Å²) in [5, 5.41) is 4.76. The van der Waals surface area contributed by atoms with E-state index < -0.39 is 17.9 Å². The summed E-state index contributed by atoms with van der Waals surface area (Å²) in [7, 11) is 1.34. The van der Waals surface area contributed by atoms with Crippen molar-refractivity contribution in [3.05, 3.63) is 120 Å². The smallest absolute Gasteiger partial charge is 0.329 e. The minimum Gasteiger partial charge on any atom is -0.467 e. The van der Waals surface area contributed by atoms with E-state index in [0.717, 1.165) is 21.9 Å². The first-order chi connectivity index (χ1) is 15.2. The van der Waals surface area contributed by atoms with E-state index in [2.05, 4.69) is 5.32 Å². The van der Waals surface area contributed by atoms with Crippen LogP contribution in [0.4, 0.5) is 0 Å². The van der Waals surface area contributed by atoms with Gasteiger partial charge in [-0.2, -0.15) is 0 Å². The van der Waals surface area contributed by atoms with Crippen LogP contribution in [0.2, 0.25) is 0 Å². The Balaban J connectivity index is 1.77. The number of carbonyl (C=O) groups is 2. The minimum atomic E-state index is -0.888. The molecule has 0 fully saturated rings. The molecule has 0 heterocycles. The fourth-order valence-corrected chi connectivity index (χ4v) is 3.95. The topological polar surface area (TPSA) is 55.4 Å². The van der Waals surface area contributed by atoms with Gasteiger partial charge in [0, 0.05) is 11.5 Å². The first-order valence-electron chi connectivity index (χ1n) is 10.2. The molecule has 0 aliphatic carbocycles. The highest BCUT2D eigenvalue weighted by Crippen LogP contribution is 2.29. The predicted octanol–water partition coefficient (Wildman–Crippen LogP) is 4.94. The summed E-state index contributed by atoms with van der Waals surface area (Å²) in [6, 6.07) is 31.7. The van der Waals surface area contributed by atoms with Crippen molar-refractivity contribution in [2.24, 2.45) is 0 Å². The zero-order valence-corrected chi connectivity index (χ0v) is 17.2. The molecule has 31 heavy (non-hydrogen) atoms. The number of ether oxygens (including phenoxy) is 1. The van der Waals surface area contributed by atoms with Crippen molar-refractivity contribution in [3.8, 4) is 0 Å². The molecule has 4 rings (SSSR count). The average Bonchev–Trinajstić information content (AvgIpc) is 2.84. The lowest BCUT2D eigenvalue weighted by molar-refractivity contribution is -0.143. The Kier molecular flexibility index (Phi) is 6.08. The Bertz CT molecular complexity index is 1140. The number of nitrogens with one attached hydrogen (secondary N) is 1. The zero-order valence-electron chi connectivity index (χ0n) is 17.2. The molecule has 1 amide bonds. The van der Waals surface area contributed by atoms with E-state index >= 15 is 0 Å². The first kappa shape index (κ1) is 20.4. The molecular formula is C27H23NO3. The summed E-state index contributed by atoms with van der Waals surface area (Å²) in [6.45, 7) is 0. The third-order valence-electron chi connectivity index (χ3n) is 5.43. The van der Waals surface area contributed by atoms with Crippen molar-refractivity contribution in [2.75, 3.05) is 7.11 Å². The van der Waals surface area contributed by atoms with Gasteiger partial charge in [-0.1, -0.05) is 97.1 Å². The quantitative estimate of drug-likeness (QED) is 0.459. The number of hydrogen-bond acceptors (Lipinski definition) is 3. The standard InChI is InChI=1S/C27H23NO3/c1-31-27(30)25(24(20-12-4-2-5-13-20)21-14-6-3-7-15-21)28-26(29)23-18-10-16-19-11-8-9-17-22(19)23/h2-18,24-25H,1H3,(H,28,29)/t25-/m0/s1. The van der Waals surface area contributed by atoms with Gasteiger partial charge in [-0.05, 0) is 28.0 Å². The zero-order chi connectivity index (χ0) is 21.6. The van der Waals surface area contributed by atoms with Crippen LogP contribution in [0.25, 0.3) is 10.8 Å². The maximum atomic E-state index is 13.3. The van der Waals surface area contributed by atoms with Gasteiger partial charge in [0.25, 0.3) is 5.91 Å². The van der Waals surface area contributed by atoms with Crippen molar-refractivity contribution in [2.45, 2.75) is 12.0 Å². The monoisotopic (exact) mass is 409 g/mol. The number of methoxy groups -OCH3 is 1. The molecule has 4 aromatic carbocycles. The SMILES string of the molecule is COC(=O)[C@@H](NC(=O)c1cccc2ccccc12)C(c1ccccc1)c1ccccc1. The molecule has 0 saturated carbocycles. The van der Waals surface area contributed by atoms with Crippen LogP contribution in [0.5, 0.6) is 0 Å². The van der Waals surface area contributed by atoms with Crippen LogP contribution in [0.1, 0.15) is 27.4 Å². The summed E-state index contributed by atoms with van der Waals surface area (Å²) >= 11 is 0. The molecule has 1 N–H and O–H groups in total. The van der Waals surface area contributed by atoms with Crippen LogP contribution < -0.4 is 5.32 Å². The Hall–Kier alpha value is -3.92. The van der Waals surface area contributed by atoms with Crippen molar-refractivity contribution < 1.29 is 14.3 Å². The second-order valence-corrected chi connectivity index (χ2v) is 7.30. The number of esters is 1. The molecule has 0 aliphatic rings. The van der Waals surface area contributed by atoms with Crippen LogP contribution in [-0.4, -0.2) is 25.0 Å². The lowest BCUT2D eigenvalue weighted by Gasteiger charge is -2.27. The van der Waals surface area contributed by atoms with E-state index in [9.17, 15) is 9.59 Å². The van der Waals surface area contributed by atoms with Crippen LogP contribution in [0.3, 0.4) is 0 Å². The van der Waals surface area contributed by atoms with Crippen molar-refractivity contribution in [1.82, 2.24) is 5.32 Å². The largest absolute Gasteiger partial charge is 0.467 e. The molecule has 4 nitrogen and oxygen atoms in total. The van der Waals surface area contributed by atoms with Gasteiger partial charge >= 0.3 is 5.97 Å². The molecule has 4 aromatic rings. The number of fused-ring (bicyclic) bond motifs is 1. The molecule has 0 aromatic heterocycles. The van der Waals surface area contributed by atoms with Gasteiger partial charge in [-0.25, -0.2) is 4.79 Å². The van der Waals surface area contributed by atoms with E-state index in [1.165, 1.54) is 7.11 Å². The van der Waals surface area contributed by atoms with Gasteiger partial charge in [0.15, 0.2) is 0 Å². The van der Waals surface area contributed by atoms with Gasteiger partial charge < -0.3 is 10.1 Å². The van der Waals surface area contributed by atoms with Gasteiger partial charge in [-0.3, -0.25) is 4.79 Å². The minimum absolute atomic E-state index is 0.316. The van der Waals surface area contributed by atoms with E-state index in [0.29, 0.717) is 5.56 Å². The fourth-order valence-electron chi connectivity index (χ4n) is 3.95. The second kappa shape index (κ2) is 9.26. The Labute approximate surface area is 181 Å². The molecule has 0 saturated heterocycles. The first-order valence-corrected chi connectivity index (χ1v) is 10.2. The van der Waals surface area contributed by atoms with E-state index in [1.54, 1.807) is 6.07 Å². The summed E-state index contributed by atoms with van der Waals surface area (Å²) in [4.78, 5) is 26.2. The van der Waals surface area contributed by atoms with Gasteiger partial charge in [0.05, 0.1) is 7.11 Å². The van der Waals surface area contributed by atoms with Crippen molar-refractivity contribution >= 4 is 22.6 Å². The van der Waals surface area contributed by atoms with Crippen molar-refractivity contribution in [1.29, 1.82) is 0 Å². The lowest BCUT2D eigenvalue weighted by Crippen LogP contribution is -2.46. The lowest BCUT2D eigenvalue weighted by atomic mass is 9.84. The molecule has 0 spiro atoms. The van der Waals surface area contributed by atoms with Crippen LogP contribution >= 0.6 is 0 Å². The molecule has 0 bridgehead atoms. The predicted molar refractivity (Wildman–Crippen MR) is 122 cm³/mol. The Morgan fingerprint density at radius 1 is 0.710 bits per heavy atom. The molecule has 154 valence electrons. The van der Waals surface area contributed by atoms with Crippen LogP contribution in [0, 0.1) is 0 Å². The van der Waals surface area contributed by atoms with Gasteiger partial charge in [-0.15, -0.1) is 0 Å². The number of amides is 1. The fraction of sp³-hybridized carbons (Fsp3) is 0.111. The van der Waals surface area contributed by atoms with Crippen molar-refractivity contribution in [3.63, 3.8) is 0 Å². The Morgan fingerprint density at radius 2 is 1.26 bits per heavy atom. The molecule has 0 aliphatic heterocycles. The number of hydrogen-bond donors (Lipinski definition) is 1. The summed E-state index contributed by atoms with van der Waals surface area (Å²) < 4.78 is 5.11. The summed E-state index contributed by atoms with van der Waals surface area (Å²) in [5.74, 6) is -1.20. The highest BCUT2D eigenvalue weighted by Gasteiger charge is 2.33. The number of rotatable bonds is 6. The third-order valence-corrected chi connectivity index (χ3v) is 5.43. The van der Waals surface area contributed by atoms with E-state index in [1.807, 2.05) is 97.1 Å². The second-order valence-electron chi connectivity index (χ2n) is 7.30. The summed E-state index contributed by atoms with van der Waals surface area (Å²) in [5.41, 5.74) is 2.36. The summed E-state index contributed by atoms with van der Waals surface area (Å²) in [6.07, 6.45) is 0. The molecule has 0 unspecified atom stereocenters. The number of benzene rings is 4. The maximum absolute atomic E-state index is 13.3. The highest BCUT2D eigenvalue weighted by atomic mass is 16.5. The van der Waals surface area contributed by atoms with Crippen LogP contribution in [-0.2, 0) is 9.53 Å². The molecular weight excluding hydrogens is 386 g/mol. The van der Waals surface area contributed by atoms with Gasteiger partial charge in [0.1, 0.15) is 6.04 Å². The molecule has 1 atom stereocenters. The molecule has 4 heteroatoms. The van der Waals surface area contributed by atoms with E-state index in [4.69, 9.17) is 4.74 Å². The van der Waals surface area contributed by atoms with Crippen LogP contribution in [0.15, 0.2) is 103 Å². The normalized spacial score (nSPS) is 11.8. The van der Waals surface area contributed by atoms with E-state index in [-0.39, 0.29) is 5.91 Å². The van der Waals surface area contributed by atoms with Gasteiger partial charge in [0.2, 0.25) is 0 Å².